The molecule has 0 saturated heterocycles. The third-order valence-corrected chi connectivity index (χ3v) is 5.08. The lowest BCUT2D eigenvalue weighted by atomic mass is 9.99. The summed E-state index contributed by atoms with van der Waals surface area (Å²) in [6.45, 7) is 6.29. The van der Waals surface area contributed by atoms with Crippen LogP contribution in [-0.4, -0.2) is 20.5 Å². The van der Waals surface area contributed by atoms with Gasteiger partial charge in [-0.25, -0.2) is 4.98 Å². The fraction of sp³-hybridized carbons (Fsp3) is 0.381. The van der Waals surface area contributed by atoms with Gasteiger partial charge >= 0.3 is 0 Å². The van der Waals surface area contributed by atoms with E-state index in [4.69, 9.17) is 28.2 Å². The highest BCUT2D eigenvalue weighted by molar-refractivity contribution is 6.34. The number of rotatable bonds is 6. The van der Waals surface area contributed by atoms with E-state index in [1.54, 1.807) is 18.2 Å². The van der Waals surface area contributed by atoms with Crippen LogP contribution in [0, 0.1) is 6.92 Å². The third kappa shape index (κ3) is 4.50. The molecule has 0 saturated carbocycles. The zero-order chi connectivity index (χ0) is 19.7. The second-order valence-electron chi connectivity index (χ2n) is 7.26. The number of carbonyl (C=O) groups is 1. The van der Waals surface area contributed by atoms with Crippen molar-refractivity contribution in [3.05, 3.63) is 56.8 Å². The van der Waals surface area contributed by atoms with Crippen molar-refractivity contribution in [3.63, 3.8) is 0 Å². The van der Waals surface area contributed by atoms with E-state index in [1.165, 1.54) is 5.56 Å². The fourth-order valence-corrected chi connectivity index (χ4v) is 3.96. The van der Waals surface area contributed by atoms with Crippen LogP contribution in [-0.2, 0) is 24.7 Å². The predicted molar refractivity (Wildman–Crippen MR) is 111 cm³/mol. The highest BCUT2D eigenvalue weighted by Crippen LogP contribution is 2.27. The van der Waals surface area contributed by atoms with Gasteiger partial charge in [0.15, 0.2) is 0 Å². The summed E-state index contributed by atoms with van der Waals surface area (Å²) in [5.74, 6) is 0.498. The molecule has 0 aliphatic heterocycles. The second kappa shape index (κ2) is 7.99. The average Bonchev–Trinajstić information content (AvgIpc) is 2.85. The van der Waals surface area contributed by atoms with Crippen LogP contribution in [0.3, 0.4) is 0 Å². The quantitative estimate of drug-likeness (QED) is 0.549. The third-order valence-electron chi connectivity index (χ3n) is 4.65. The van der Waals surface area contributed by atoms with Crippen LogP contribution < -0.4 is 0 Å². The van der Waals surface area contributed by atoms with Gasteiger partial charge in [-0.05, 0) is 54.7 Å². The molecule has 0 atom stereocenters. The number of fused-ring (bicyclic) bond motifs is 1. The summed E-state index contributed by atoms with van der Waals surface area (Å²) < 4.78 is 1.89. The van der Waals surface area contributed by atoms with Crippen molar-refractivity contribution in [2.24, 2.45) is 7.05 Å². The molecule has 2 aromatic heterocycles. The van der Waals surface area contributed by atoms with E-state index in [1.807, 2.05) is 18.7 Å². The van der Waals surface area contributed by atoms with E-state index in [2.05, 4.69) is 25.0 Å². The minimum atomic E-state index is 0.143. The number of pyridine rings is 1. The summed E-state index contributed by atoms with van der Waals surface area (Å²) in [5.41, 5.74) is 5.90. The average molecular weight is 404 g/mol. The van der Waals surface area contributed by atoms with Gasteiger partial charge in [-0.3, -0.25) is 9.48 Å². The molecule has 0 bridgehead atoms. The normalized spacial score (nSPS) is 11.5. The van der Waals surface area contributed by atoms with Crippen LogP contribution in [0.5, 0.6) is 0 Å². The Hall–Kier alpha value is -1.91. The Morgan fingerprint density at radius 2 is 1.81 bits per heavy atom. The number of carbonyl (C=O) groups excluding carboxylic acids is 1. The van der Waals surface area contributed by atoms with Gasteiger partial charge in [-0.15, -0.1) is 0 Å². The van der Waals surface area contributed by atoms with Gasteiger partial charge in [0, 0.05) is 35.6 Å². The molecule has 0 amide bonds. The Kier molecular flexibility index (Phi) is 5.87. The molecule has 6 heteroatoms. The molecule has 3 aromatic rings. The Morgan fingerprint density at radius 3 is 2.44 bits per heavy atom. The maximum Gasteiger partial charge on any atom is 0.137 e. The fourth-order valence-electron chi connectivity index (χ4n) is 3.39. The topological polar surface area (TPSA) is 47.8 Å². The Morgan fingerprint density at radius 1 is 1.15 bits per heavy atom. The summed E-state index contributed by atoms with van der Waals surface area (Å²) in [4.78, 5) is 17.2. The van der Waals surface area contributed by atoms with E-state index in [0.29, 0.717) is 35.2 Å². The molecule has 142 valence electrons. The lowest BCUT2D eigenvalue weighted by Gasteiger charge is -2.11. The number of halogens is 2. The van der Waals surface area contributed by atoms with E-state index in [-0.39, 0.29) is 5.78 Å². The monoisotopic (exact) mass is 403 g/mol. The number of benzene rings is 1. The standard InChI is InChI=1S/C21H23Cl2N3O/c1-12(2)19-11-17(24-20-13(3)25-26(4)21(19)20)5-6-18(27)9-14-7-15(22)10-16(23)8-14/h7-8,10-12H,5-6,9H2,1-4H3. The second-order valence-corrected chi connectivity index (χ2v) is 8.13. The van der Waals surface area contributed by atoms with E-state index < -0.39 is 0 Å². The van der Waals surface area contributed by atoms with Gasteiger partial charge in [0.05, 0.1) is 11.2 Å². The zero-order valence-corrected chi connectivity index (χ0v) is 17.5. The lowest BCUT2D eigenvalue weighted by Crippen LogP contribution is -2.06. The molecule has 27 heavy (non-hydrogen) atoms. The van der Waals surface area contributed by atoms with Gasteiger partial charge in [0.25, 0.3) is 0 Å². The van der Waals surface area contributed by atoms with Crippen LogP contribution in [0.1, 0.15) is 48.7 Å². The van der Waals surface area contributed by atoms with Crippen molar-refractivity contribution in [1.29, 1.82) is 0 Å². The highest BCUT2D eigenvalue weighted by Gasteiger charge is 2.16. The molecule has 0 fully saturated rings. The number of ketones is 1. The number of hydrogen-bond acceptors (Lipinski definition) is 3. The molecule has 2 heterocycles. The Bertz CT molecular complexity index is 988. The van der Waals surface area contributed by atoms with Gasteiger partial charge in [-0.2, -0.15) is 5.10 Å². The summed E-state index contributed by atoms with van der Waals surface area (Å²) in [6, 6.07) is 7.34. The van der Waals surface area contributed by atoms with Gasteiger partial charge < -0.3 is 0 Å². The number of aryl methyl sites for hydroxylation is 3. The minimum absolute atomic E-state index is 0.143. The molecule has 0 aliphatic rings. The molecule has 4 nitrogen and oxygen atoms in total. The van der Waals surface area contributed by atoms with Crippen molar-refractivity contribution in [2.45, 2.75) is 46.0 Å². The van der Waals surface area contributed by atoms with Crippen LogP contribution in [0.15, 0.2) is 24.3 Å². The van der Waals surface area contributed by atoms with E-state index in [9.17, 15) is 4.79 Å². The molecule has 0 spiro atoms. The van der Waals surface area contributed by atoms with Crippen molar-refractivity contribution >= 4 is 40.0 Å². The van der Waals surface area contributed by atoms with Crippen molar-refractivity contribution < 1.29 is 4.79 Å². The predicted octanol–water partition coefficient (Wildman–Crippen LogP) is 5.45. The minimum Gasteiger partial charge on any atom is -0.299 e. The molecule has 0 N–H and O–H groups in total. The first kappa shape index (κ1) is 19.8. The molecule has 3 rings (SSSR count). The summed E-state index contributed by atoms with van der Waals surface area (Å²) in [7, 11) is 1.95. The van der Waals surface area contributed by atoms with Crippen LogP contribution in [0.25, 0.3) is 11.0 Å². The number of Topliss-reactive ketones (excluding diaryl/α,β-unsaturated/α-hetero) is 1. The maximum absolute atomic E-state index is 12.4. The molecular formula is C21H23Cl2N3O. The first-order chi connectivity index (χ1) is 12.7. The number of aromatic nitrogens is 3. The van der Waals surface area contributed by atoms with Gasteiger partial charge in [0.2, 0.25) is 0 Å². The largest absolute Gasteiger partial charge is 0.299 e. The van der Waals surface area contributed by atoms with Gasteiger partial charge in [0.1, 0.15) is 11.3 Å². The first-order valence-electron chi connectivity index (χ1n) is 9.04. The zero-order valence-electron chi connectivity index (χ0n) is 16.0. The lowest BCUT2D eigenvalue weighted by molar-refractivity contribution is -0.118. The van der Waals surface area contributed by atoms with Gasteiger partial charge in [-0.1, -0.05) is 37.0 Å². The Labute approximate surface area is 169 Å². The smallest absolute Gasteiger partial charge is 0.137 e. The van der Waals surface area contributed by atoms with Crippen LogP contribution in [0.4, 0.5) is 0 Å². The van der Waals surface area contributed by atoms with Crippen molar-refractivity contribution in [2.75, 3.05) is 0 Å². The molecule has 1 aromatic carbocycles. The molecule has 0 unspecified atom stereocenters. The Balaban J connectivity index is 1.78. The molecule has 0 radical (unpaired) electrons. The number of nitrogens with zero attached hydrogens (tertiary/aromatic N) is 3. The van der Waals surface area contributed by atoms with Crippen molar-refractivity contribution in [3.8, 4) is 0 Å². The van der Waals surface area contributed by atoms with Crippen LogP contribution in [0.2, 0.25) is 10.0 Å². The number of hydrogen-bond donors (Lipinski definition) is 0. The maximum atomic E-state index is 12.4. The van der Waals surface area contributed by atoms with E-state index in [0.717, 1.165) is 28.0 Å². The highest BCUT2D eigenvalue weighted by atomic mass is 35.5. The summed E-state index contributed by atoms with van der Waals surface area (Å²) in [5, 5.41) is 5.60. The SMILES string of the molecule is Cc1nn(C)c2c(C(C)C)cc(CCC(=O)Cc3cc(Cl)cc(Cl)c3)nc12. The molecular weight excluding hydrogens is 381 g/mol. The van der Waals surface area contributed by atoms with Crippen LogP contribution >= 0.6 is 23.2 Å². The summed E-state index contributed by atoms with van der Waals surface area (Å²) in [6.07, 6.45) is 1.36. The molecule has 0 aliphatic carbocycles. The first-order valence-corrected chi connectivity index (χ1v) is 9.80. The van der Waals surface area contributed by atoms with E-state index >= 15 is 0 Å². The summed E-state index contributed by atoms with van der Waals surface area (Å²) >= 11 is 12.0. The van der Waals surface area contributed by atoms with Crippen molar-refractivity contribution in [1.82, 2.24) is 14.8 Å².